The number of hydrogen-bond donors (Lipinski definition) is 2. The Morgan fingerprint density at radius 3 is 2.60 bits per heavy atom. The molecule has 0 radical (unpaired) electrons. The Kier molecular flexibility index (Phi) is 3.54. The van der Waals surface area contributed by atoms with E-state index in [-0.39, 0.29) is 23.7 Å². The molecule has 2 aliphatic carbocycles. The molecular formula is C15H22N2O3. The van der Waals surface area contributed by atoms with E-state index in [9.17, 15) is 14.7 Å². The van der Waals surface area contributed by atoms with Gasteiger partial charge < -0.3 is 15.3 Å². The third kappa shape index (κ3) is 2.35. The summed E-state index contributed by atoms with van der Waals surface area (Å²) >= 11 is 0. The maximum atomic E-state index is 12.4. The van der Waals surface area contributed by atoms with Gasteiger partial charge >= 0.3 is 5.97 Å². The average molecular weight is 278 g/mol. The molecular weight excluding hydrogens is 256 g/mol. The maximum Gasteiger partial charge on any atom is 0.307 e. The predicted molar refractivity (Wildman–Crippen MR) is 74.0 cm³/mol. The quantitative estimate of drug-likeness (QED) is 0.738. The number of likely N-dealkylation sites (tertiary alicyclic amines) is 1. The number of carboxylic acid groups (broad SMARTS) is 1. The van der Waals surface area contributed by atoms with Crippen molar-refractivity contribution in [1.29, 1.82) is 0 Å². The van der Waals surface area contributed by atoms with Crippen LogP contribution in [0.15, 0.2) is 12.2 Å². The molecule has 3 aliphatic rings. The van der Waals surface area contributed by atoms with E-state index >= 15 is 0 Å². The van der Waals surface area contributed by atoms with Crippen molar-refractivity contribution in [2.75, 3.05) is 26.7 Å². The molecule has 2 N–H and O–H groups in total. The Morgan fingerprint density at radius 1 is 1.30 bits per heavy atom. The topological polar surface area (TPSA) is 69.6 Å². The van der Waals surface area contributed by atoms with E-state index in [1.165, 1.54) is 0 Å². The molecule has 1 saturated heterocycles. The van der Waals surface area contributed by atoms with Gasteiger partial charge in [-0.15, -0.1) is 0 Å². The minimum atomic E-state index is -0.831. The number of allylic oxidation sites excluding steroid dienone is 2. The number of carbonyl (C=O) groups is 2. The van der Waals surface area contributed by atoms with Crippen molar-refractivity contribution in [1.82, 2.24) is 10.2 Å². The van der Waals surface area contributed by atoms with Crippen LogP contribution in [0.5, 0.6) is 0 Å². The fourth-order valence-electron chi connectivity index (χ4n) is 4.07. The molecule has 5 nitrogen and oxygen atoms in total. The van der Waals surface area contributed by atoms with E-state index in [4.69, 9.17) is 0 Å². The number of carbonyl (C=O) groups excluding carboxylic acids is 1. The number of rotatable bonds is 4. The summed E-state index contributed by atoms with van der Waals surface area (Å²) in [6.07, 6.45) is 5.92. The van der Waals surface area contributed by atoms with Crippen LogP contribution < -0.4 is 5.32 Å². The summed E-state index contributed by atoms with van der Waals surface area (Å²) in [5, 5.41) is 12.3. The summed E-state index contributed by atoms with van der Waals surface area (Å²) < 4.78 is 0. The first-order valence-electron chi connectivity index (χ1n) is 7.43. The molecule has 2 fully saturated rings. The molecule has 0 aromatic carbocycles. The number of amides is 1. The highest BCUT2D eigenvalue weighted by Gasteiger charge is 2.51. The Hall–Kier alpha value is -1.36. The van der Waals surface area contributed by atoms with Crippen LogP contribution in [0.3, 0.4) is 0 Å². The van der Waals surface area contributed by atoms with Gasteiger partial charge in [-0.25, -0.2) is 0 Å². The minimum absolute atomic E-state index is 0.0471. The fraction of sp³-hybridized carbons (Fsp3) is 0.733. The first kappa shape index (κ1) is 13.6. The molecule has 0 aromatic heterocycles. The highest BCUT2D eigenvalue weighted by molar-refractivity contribution is 5.86. The zero-order valence-corrected chi connectivity index (χ0v) is 11.8. The van der Waals surface area contributed by atoms with Crippen LogP contribution in [0, 0.1) is 29.6 Å². The molecule has 1 amide bonds. The molecule has 20 heavy (non-hydrogen) atoms. The number of nitrogens with one attached hydrogen (secondary N) is 1. The van der Waals surface area contributed by atoms with Crippen molar-refractivity contribution >= 4 is 11.9 Å². The summed E-state index contributed by atoms with van der Waals surface area (Å²) in [5.41, 5.74) is 0. The van der Waals surface area contributed by atoms with Crippen molar-refractivity contribution < 1.29 is 14.7 Å². The second-order valence-corrected chi connectivity index (χ2v) is 6.50. The van der Waals surface area contributed by atoms with Crippen molar-refractivity contribution in [2.45, 2.75) is 12.8 Å². The third-order valence-corrected chi connectivity index (χ3v) is 5.10. The Balaban J connectivity index is 1.59. The Bertz CT molecular complexity index is 448. The van der Waals surface area contributed by atoms with Gasteiger partial charge in [-0.05, 0) is 44.2 Å². The summed E-state index contributed by atoms with van der Waals surface area (Å²) in [7, 11) is 2.09. The zero-order chi connectivity index (χ0) is 14.3. The SMILES string of the molecule is CN1CCC(CNC(=O)C2C3C=CC(C3)C2C(=O)O)C1. The molecule has 5 atom stereocenters. The van der Waals surface area contributed by atoms with E-state index in [1.54, 1.807) is 0 Å². The number of carboxylic acids is 1. The van der Waals surface area contributed by atoms with Crippen LogP contribution in [-0.2, 0) is 9.59 Å². The maximum absolute atomic E-state index is 12.4. The van der Waals surface area contributed by atoms with Gasteiger partial charge in [-0.3, -0.25) is 9.59 Å². The normalized spacial score (nSPS) is 39.4. The van der Waals surface area contributed by atoms with E-state index < -0.39 is 11.9 Å². The summed E-state index contributed by atoms with van der Waals surface area (Å²) in [6, 6.07) is 0. The molecule has 1 aliphatic heterocycles. The second-order valence-electron chi connectivity index (χ2n) is 6.50. The first-order chi connectivity index (χ1) is 9.56. The van der Waals surface area contributed by atoms with Crippen LogP contribution >= 0.6 is 0 Å². The molecule has 0 aromatic rings. The highest BCUT2D eigenvalue weighted by Crippen LogP contribution is 2.48. The standard InChI is InChI=1S/C15H22N2O3/c1-17-5-4-9(8-17)7-16-14(18)12-10-2-3-11(6-10)13(12)15(19)20/h2-3,9-13H,4-8H2,1H3,(H,16,18)(H,19,20). The molecule has 5 heteroatoms. The number of aliphatic carboxylic acids is 1. The lowest BCUT2D eigenvalue weighted by molar-refractivity contribution is -0.147. The van der Waals surface area contributed by atoms with Gasteiger partial charge in [0.05, 0.1) is 11.8 Å². The monoisotopic (exact) mass is 278 g/mol. The van der Waals surface area contributed by atoms with E-state index in [0.29, 0.717) is 12.5 Å². The van der Waals surface area contributed by atoms with Crippen molar-refractivity contribution in [3.8, 4) is 0 Å². The van der Waals surface area contributed by atoms with Crippen molar-refractivity contribution in [2.24, 2.45) is 29.6 Å². The van der Waals surface area contributed by atoms with Gasteiger partial charge in [0, 0.05) is 13.1 Å². The lowest BCUT2D eigenvalue weighted by atomic mass is 9.82. The predicted octanol–water partition coefficient (Wildman–Crippen LogP) is 0.577. The summed E-state index contributed by atoms with van der Waals surface area (Å²) in [5.74, 6) is -1.14. The third-order valence-electron chi connectivity index (χ3n) is 5.10. The molecule has 3 rings (SSSR count). The molecule has 1 saturated carbocycles. The Morgan fingerprint density at radius 2 is 2.00 bits per heavy atom. The highest BCUT2D eigenvalue weighted by atomic mass is 16.4. The van der Waals surface area contributed by atoms with Crippen molar-refractivity contribution in [3.63, 3.8) is 0 Å². The van der Waals surface area contributed by atoms with Gasteiger partial charge in [0.15, 0.2) is 0 Å². The van der Waals surface area contributed by atoms with Crippen LogP contribution in [-0.4, -0.2) is 48.6 Å². The molecule has 5 unspecified atom stereocenters. The average Bonchev–Trinajstić information content (AvgIpc) is 3.10. The lowest BCUT2D eigenvalue weighted by Gasteiger charge is -2.24. The van der Waals surface area contributed by atoms with Crippen LogP contribution in [0.4, 0.5) is 0 Å². The molecule has 2 bridgehead atoms. The summed E-state index contributed by atoms with van der Waals surface area (Å²) in [6.45, 7) is 2.77. The first-order valence-corrected chi connectivity index (χ1v) is 7.43. The van der Waals surface area contributed by atoms with Gasteiger partial charge in [-0.2, -0.15) is 0 Å². The van der Waals surface area contributed by atoms with Gasteiger partial charge in [-0.1, -0.05) is 12.2 Å². The molecule has 110 valence electrons. The zero-order valence-electron chi connectivity index (χ0n) is 11.8. The van der Waals surface area contributed by atoms with Crippen molar-refractivity contribution in [3.05, 3.63) is 12.2 Å². The number of fused-ring (bicyclic) bond motifs is 2. The molecule has 1 heterocycles. The van der Waals surface area contributed by atoms with Crippen LogP contribution in [0.1, 0.15) is 12.8 Å². The van der Waals surface area contributed by atoms with Gasteiger partial charge in [0.1, 0.15) is 0 Å². The summed E-state index contributed by atoms with van der Waals surface area (Å²) in [4.78, 5) is 26.0. The van der Waals surface area contributed by atoms with Crippen LogP contribution in [0.2, 0.25) is 0 Å². The number of nitrogens with zero attached hydrogens (tertiary/aromatic N) is 1. The largest absolute Gasteiger partial charge is 0.481 e. The van der Waals surface area contributed by atoms with E-state index in [0.717, 1.165) is 25.9 Å². The second kappa shape index (κ2) is 5.20. The fourth-order valence-corrected chi connectivity index (χ4v) is 4.07. The lowest BCUT2D eigenvalue weighted by Crippen LogP contribution is -2.42. The van der Waals surface area contributed by atoms with Gasteiger partial charge in [0.25, 0.3) is 0 Å². The van der Waals surface area contributed by atoms with Crippen LogP contribution in [0.25, 0.3) is 0 Å². The van der Waals surface area contributed by atoms with E-state index in [2.05, 4.69) is 17.3 Å². The smallest absolute Gasteiger partial charge is 0.307 e. The van der Waals surface area contributed by atoms with Gasteiger partial charge in [0.2, 0.25) is 5.91 Å². The Labute approximate surface area is 119 Å². The number of hydrogen-bond acceptors (Lipinski definition) is 3. The minimum Gasteiger partial charge on any atom is -0.481 e. The van der Waals surface area contributed by atoms with E-state index in [1.807, 2.05) is 12.2 Å². The molecule has 0 spiro atoms.